The van der Waals surface area contributed by atoms with E-state index in [1.165, 1.54) is 6.07 Å². The molecule has 0 bridgehead atoms. The summed E-state index contributed by atoms with van der Waals surface area (Å²) in [5, 5.41) is 2.75. The predicted molar refractivity (Wildman–Crippen MR) is 82.2 cm³/mol. The lowest BCUT2D eigenvalue weighted by molar-refractivity contribution is 0.0944. The minimum absolute atomic E-state index is 0.143. The third-order valence-electron chi connectivity index (χ3n) is 3.57. The Morgan fingerprint density at radius 3 is 2.82 bits per heavy atom. The molecule has 112 valence electrons. The predicted octanol–water partition coefficient (Wildman–Crippen LogP) is 3.02. The number of aromatic nitrogens is 2. The third-order valence-corrected chi connectivity index (χ3v) is 3.57. The molecule has 0 aliphatic carbocycles. The molecular weight excluding hydrogens is 281 g/mol. The topological polar surface area (TPSA) is 46.4 Å². The van der Waals surface area contributed by atoms with Gasteiger partial charge in [0.1, 0.15) is 17.2 Å². The van der Waals surface area contributed by atoms with Crippen LogP contribution >= 0.6 is 0 Å². The molecule has 0 aliphatic rings. The van der Waals surface area contributed by atoms with E-state index in [0.717, 1.165) is 11.2 Å². The Labute approximate surface area is 127 Å². The Bertz CT molecular complexity index is 854. The lowest BCUT2D eigenvalue weighted by atomic mass is 10.2. The molecule has 0 spiro atoms. The van der Waals surface area contributed by atoms with Crippen molar-refractivity contribution in [2.24, 2.45) is 0 Å². The van der Waals surface area contributed by atoms with Crippen molar-refractivity contribution < 1.29 is 9.18 Å². The maximum atomic E-state index is 13.6. The Balaban J connectivity index is 1.86. The van der Waals surface area contributed by atoms with Gasteiger partial charge in [-0.25, -0.2) is 9.37 Å². The average molecular weight is 297 g/mol. The Morgan fingerprint density at radius 2 is 2.05 bits per heavy atom. The summed E-state index contributed by atoms with van der Waals surface area (Å²) in [6.45, 7) is 3.91. The minimum Gasteiger partial charge on any atom is -0.347 e. The fraction of sp³-hybridized carbons (Fsp3) is 0.176. The lowest BCUT2D eigenvalue weighted by Crippen LogP contribution is -2.25. The normalized spacial score (nSPS) is 10.9. The number of nitrogens with zero attached hydrogens (tertiary/aromatic N) is 2. The number of hydrogen-bond acceptors (Lipinski definition) is 2. The van der Waals surface area contributed by atoms with E-state index in [-0.39, 0.29) is 18.3 Å². The van der Waals surface area contributed by atoms with E-state index in [2.05, 4.69) is 10.3 Å². The molecule has 0 aliphatic heterocycles. The van der Waals surface area contributed by atoms with Crippen molar-refractivity contribution >= 4 is 11.6 Å². The lowest BCUT2D eigenvalue weighted by Gasteiger charge is -2.07. The molecule has 2 aromatic heterocycles. The number of nitrogens with one attached hydrogen (secondary N) is 1. The van der Waals surface area contributed by atoms with E-state index in [1.54, 1.807) is 29.5 Å². The molecule has 1 amide bonds. The zero-order valence-corrected chi connectivity index (χ0v) is 12.4. The number of rotatable bonds is 3. The van der Waals surface area contributed by atoms with Gasteiger partial charge in [-0.2, -0.15) is 0 Å². The van der Waals surface area contributed by atoms with Crippen molar-refractivity contribution in [3.05, 3.63) is 70.9 Å². The molecule has 22 heavy (non-hydrogen) atoms. The number of imidazole rings is 1. The van der Waals surface area contributed by atoms with Crippen LogP contribution in [0.4, 0.5) is 4.39 Å². The van der Waals surface area contributed by atoms with Crippen LogP contribution in [0.5, 0.6) is 0 Å². The van der Waals surface area contributed by atoms with Gasteiger partial charge in [-0.15, -0.1) is 0 Å². The SMILES string of the molecule is Cc1ccn2c(C(=O)NCc3ccccc3F)c(C)nc2c1. The van der Waals surface area contributed by atoms with E-state index >= 15 is 0 Å². The molecule has 5 heteroatoms. The van der Waals surface area contributed by atoms with Gasteiger partial charge in [0.25, 0.3) is 5.91 Å². The molecule has 2 heterocycles. The number of pyridine rings is 1. The third kappa shape index (κ3) is 2.57. The first-order valence-electron chi connectivity index (χ1n) is 7.03. The minimum atomic E-state index is -0.326. The van der Waals surface area contributed by atoms with Gasteiger partial charge >= 0.3 is 0 Å². The number of carbonyl (C=O) groups excluding carboxylic acids is 1. The molecule has 0 saturated carbocycles. The number of aryl methyl sites for hydroxylation is 2. The first kappa shape index (κ1) is 14.3. The quantitative estimate of drug-likeness (QED) is 0.807. The van der Waals surface area contributed by atoms with Crippen LogP contribution in [0.1, 0.15) is 27.3 Å². The van der Waals surface area contributed by atoms with Gasteiger partial charge in [-0.05, 0) is 37.6 Å². The summed E-state index contributed by atoms with van der Waals surface area (Å²) >= 11 is 0. The zero-order valence-electron chi connectivity index (χ0n) is 12.4. The fourth-order valence-electron chi connectivity index (χ4n) is 2.44. The molecule has 0 unspecified atom stereocenters. The van der Waals surface area contributed by atoms with Crippen LogP contribution in [0.3, 0.4) is 0 Å². The summed E-state index contributed by atoms with van der Waals surface area (Å²) in [6.07, 6.45) is 1.82. The van der Waals surface area contributed by atoms with Crippen LogP contribution in [0, 0.1) is 19.7 Å². The number of fused-ring (bicyclic) bond motifs is 1. The first-order chi connectivity index (χ1) is 10.6. The van der Waals surface area contributed by atoms with Gasteiger partial charge in [0.2, 0.25) is 0 Å². The molecule has 0 radical (unpaired) electrons. The van der Waals surface area contributed by atoms with E-state index in [9.17, 15) is 9.18 Å². The van der Waals surface area contributed by atoms with Gasteiger partial charge in [0.05, 0.1) is 5.69 Å². The van der Waals surface area contributed by atoms with Gasteiger partial charge in [0.15, 0.2) is 0 Å². The maximum Gasteiger partial charge on any atom is 0.270 e. The molecule has 0 atom stereocenters. The molecule has 1 N–H and O–H groups in total. The second kappa shape index (κ2) is 5.60. The van der Waals surface area contributed by atoms with Gasteiger partial charge < -0.3 is 5.32 Å². The van der Waals surface area contributed by atoms with Gasteiger partial charge in [-0.3, -0.25) is 9.20 Å². The number of benzene rings is 1. The van der Waals surface area contributed by atoms with E-state index in [0.29, 0.717) is 17.0 Å². The Hall–Kier alpha value is -2.69. The van der Waals surface area contributed by atoms with E-state index in [4.69, 9.17) is 0 Å². The van der Waals surface area contributed by atoms with Crippen LogP contribution < -0.4 is 5.32 Å². The monoisotopic (exact) mass is 297 g/mol. The second-order valence-electron chi connectivity index (χ2n) is 5.25. The highest BCUT2D eigenvalue weighted by Crippen LogP contribution is 2.14. The smallest absolute Gasteiger partial charge is 0.270 e. The molecule has 3 rings (SSSR count). The van der Waals surface area contributed by atoms with Gasteiger partial charge in [-0.1, -0.05) is 18.2 Å². The van der Waals surface area contributed by atoms with Gasteiger partial charge in [0, 0.05) is 18.3 Å². The Kier molecular flexibility index (Phi) is 3.63. The highest BCUT2D eigenvalue weighted by Gasteiger charge is 2.16. The molecule has 1 aromatic carbocycles. The van der Waals surface area contributed by atoms with Crippen molar-refractivity contribution in [3.8, 4) is 0 Å². The molecule has 4 nitrogen and oxygen atoms in total. The summed E-state index contributed by atoms with van der Waals surface area (Å²) < 4.78 is 15.3. The zero-order chi connectivity index (χ0) is 15.7. The molecular formula is C17H16FN3O. The van der Waals surface area contributed by atoms with Crippen molar-refractivity contribution in [3.63, 3.8) is 0 Å². The highest BCUT2D eigenvalue weighted by atomic mass is 19.1. The van der Waals surface area contributed by atoms with E-state index < -0.39 is 0 Å². The Morgan fingerprint density at radius 1 is 1.27 bits per heavy atom. The molecule has 3 aromatic rings. The largest absolute Gasteiger partial charge is 0.347 e. The summed E-state index contributed by atoms with van der Waals surface area (Å²) in [7, 11) is 0. The maximum absolute atomic E-state index is 13.6. The van der Waals surface area contributed by atoms with Crippen molar-refractivity contribution in [1.29, 1.82) is 0 Å². The number of halogens is 1. The van der Waals surface area contributed by atoms with Crippen LogP contribution in [0.15, 0.2) is 42.6 Å². The van der Waals surface area contributed by atoms with Crippen LogP contribution in [0.25, 0.3) is 5.65 Å². The average Bonchev–Trinajstić information content (AvgIpc) is 2.81. The number of carbonyl (C=O) groups is 1. The first-order valence-corrected chi connectivity index (χ1v) is 7.03. The number of amides is 1. The summed E-state index contributed by atoms with van der Waals surface area (Å²) in [5.74, 6) is -0.592. The summed E-state index contributed by atoms with van der Waals surface area (Å²) in [4.78, 5) is 16.8. The second-order valence-corrected chi connectivity index (χ2v) is 5.25. The van der Waals surface area contributed by atoms with Crippen LogP contribution in [-0.4, -0.2) is 15.3 Å². The van der Waals surface area contributed by atoms with Crippen molar-refractivity contribution in [2.45, 2.75) is 20.4 Å². The highest BCUT2D eigenvalue weighted by molar-refractivity contribution is 5.94. The fourth-order valence-corrected chi connectivity index (χ4v) is 2.44. The molecule has 0 fully saturated rings. The summed E-state index contributed by atoms with van der Waals surface area (Å²) in [5.41, 5.74) is 3.39. The van der Waals surface area contributed by atoms with Crippen LogP contribution in [-0.2, 0) is 6.54 Å². The van der Waals surface area contributed by atoms with Crippen LogP contribution in [0.2, 0.25) is 0 Å². The van der Waals surface area contributed by atoms with E-state index in [1.807, 2.05) is 25.3 Å². The molecule has 0 saturated heterocycles. The number of hydrogen-bond donors (Lipinski definition) is 1. The standard InChI is InChI=1S/C17H16FN3O/c1-11-7-8-21-15(9-11)20-12(2)16(21)17(22)19-10-13-5-3-4-6-14(13)18/h3-9H,10H2,1-2H3,(H,19,22). The summed E-state index contributed by atoms with van der Waals surface area (Å²) in [6, 6.07) is 10.2. The van der Waals surface area contributed by atoms with Crippen molar-refractivity contribution in [1.82, 2.24) is 14.7 Å². The van der Waals surface area contributed by atoms with Crippen molar-refractivity contribution in [2.75, 3.05) is 0 Å².